The normalized spacial score (nSPS) is 16.2. The van der Waals surface area contributed by atoms with E-state index < -0.39 is 25.5 Å². The van der Waals surface area contributed by atoms with Crippen LogP contribution in [0.4, 0.5) is 5.69 Å². The summed E-state index contributed by atoms with van der Waals surface area (Å²) in [5.74, 6) is -0.624. The zero-order valence-corrected chi connectivity index (χ0v) is 20.7. The van der Waals surface area contributed by atoms with Crippen molar-refractivity contribution in [3.05, 3.63) is 60.4 Å². The Morgan fingerprint density at radius 1 is 1.03 bits per heavy atom. The summed E-state index contributed by atoms with van der Waals surface area (Å²) in [7, 11) is -7.29. The van der Waals surface area contributed by atoms with Gasteiger partial charge in [0, 0.05) is 42.5 Å². The maximum atomic E-state index is 12.9. The van der Waals surface area contributed by atoms with Gasteiger partial charge < -0.3 is 10.0 Å². The molecule has 1 aliphatic heterocycles. The number of fused-ring (bicyclic) bond motifs is 1. The van der Waals surface area contributed by atoms with Gasteiger partial charge >= 0.3 is 0 Å². The Balaban J connectivity index is 1.43. The second kappa shape index (κ2) is 9.51. The summed E-state index contributed by atoms with van der Waals surface area (Å²) in [6, 6.07) is 10.7. The van der Waals surface area contributed by atoms with Gasteiger partial charge in [-0.3, -0.25) is 19.5 Å². The lowest BCUT2D eigenvalue weighted by Gasteiger charge is -2.38. The lowest BCUT2D eigenvalue weighted by atomic mass is 9.93. The van der Waals surface area contributed by atoms with Crippen molar-refractivity contribution >= 4 is 42.5 Å². The Hall–Kier alpha value is -3.09. The van der Waals surface area contributed by atoms with E-state index in [-0.39, 0.29) is 59.4 Å². The molecule has 0 aliphatic carbocycles. The standard InChI is InChI=1S/C23H26N4O6S2/c1-2-34(30,31)16-23(29)10-14-27(15-11-23)22(28)17-6-8-18(9-7-17)26-35(32,33)20-5-3-4-19-21(20)25-13-12-24-19/h3-9,12-13,26,29H,2,10-11,14-16H2,1H3. The van der Waals surface area contributed by atoms with Gasteiger partial charge in [-0.05, 0) is 49.2 Å². The molecule has 2 heterocycles. The number of aromatic nitrogens is 2. The second-order valence-corrected chi connectivity index (χ2v) is 12.6. The Kier molecular flexibility index (Phi) is 6.80. The SMILES string of the molecule is CCS(=O)(=O)CC1(O)CCN(C(=O)c2ccc(NS(=O)(=O)c3cccc4nccnc34)cc2)CC1. The number of hydrogen-bond donors (Lipinski definition) is 2. The van der Waals surface area contributed by atoms with Crippen LogP contribution in [0.1, 0.15) is 30.1 Å². The number of sulfonamides is 1. The molecule has 0 saturated carbocycles. The summed E-state index contributed by atoms with van der Waals surface area (Å²) in [6.45, 7) is 1.99. The summed E-state index contributed by atoms with van der Waals surface area (Å²) in [5, 5.41) is 10.6. The maximum Gasteiger partial charge on any atom is 0.264 e. The smallest absolute Gasteiger partial charge is 0.264 e. The first kappa shape index (κ1) is 25.0. The molecule has 0 atom stereocenters. The van der Waals surface area contributed by atoms with Gasteiger partial charge in [-0.1, -0.05) is 13.0 Å². The number of para-hydroxylation sites is 1. The van der Waals surface area contributed by atoms with E-state index >= 15 is 0 Å². The van der Waals surface area contributed by atoms with Crippen LogP contribution in [0.15, 0.2) is 59.8 Å². The summed E-state index contributed by atoms with van der Waals surface area (Å²) >= 11 is 0. The van der Waals surface area contributed by atoms with E-state index in [0.717, 1.165) is 0 Å². The number of rotatable bonds is 7. The molecule has 0 radical (unpaired) electrons. The molecule has 1 fully saturated rings. The van der Waals surface area contributed by atoms with Gasteiger partial charge in [0.05, 0.1) is 16.9 Å². The minimum Gasteiger partial charge on any atom is -0.389 e. The fourth-order valence-corrected chi connectivity index (χ4v) is 6.58. The molecule has 1 saturated heterocycles. The van der Waals surface area contributed by atoms with Crippen molar-refractivity contribution in [1.29, 1.82) is 0 Å². The molecule has 0 bridgehead atoms. The van der Waals surface area contributed by atoms with Crippen molar-refractivity contribution in [2.75, 3.05) is 29.3 Å². The first-order valence-electron chi connectivity index (χ1n) is 11.1. The summed E-state index contributed by atoms with van der Waals surface area (Å²) < 4.78 is 52.2. The summed E-state index contributed by atoms with van der Waals surface area (Å²) in [5.41, 5.74) is 0.0127. The molecule has 1 aliphatic rings. The van der Waals surface area contributed by atoms with Gasteiger partial charge in [0.1, 0.15) is 10.4 Å². The largest absolute Gasteiger partial charge is 0.389 e. The van der Waals surface area contributed by atoms with Crippen LogP contribution in [0.2, 0.25) is 0 Å². The Morgan fingerprint density at radius 3 is 2.34 bits per heavy atom. The van der Waals surface area contributed by atoms with E-state index in [4.69, 9.17) is 0 Å². The highest BCUT2D eigenvalue weighted by Crippen LogP contribution is 2.26. The third-order valence-corrected chi connectivity index (χ3v) is 9.31. The summed E-state index contributed by atoms with van der Waals surface area (Å²) in [4.78, 5) is 22.7. The lowest BCUT2D eigenvalue weighted by molar-refractivity contribution is 0.000531. The maximum absolute atomic E-state index is 12.9. The van der Waals surface area contributed by atoms with Crippen LogP contribution in [-0.2, 0) is 19.9 Å². The zero-order valence-electron chi connectivity index (χ0n) is 19.1. The number of nitrogens with zero attached hydrogens (tertiary/aromatic N) is 3. The van der Waals surface area contributed by atoms with Crippen molar-refractivity contribution < 1.29 is 26.7 Å². The molecular weight excluding hydrogens is 492 g/mol. The molecule has 0 spiro atoms. The minimum absolute atomic E-state index is 0.00542. The van der Waals surface area contributed by atoms with Crippen LogP contribution in [0.3, 0.4) is 0 Å². The fraction of sp³-hybridized carbons (Fsp3) is 0.348. The fourth-order valence-electron chi connectivity index (χ4n) is 4.04. The van der Waals surface area contributed by atoms with Crippen molar-refractivity contribution in [3.63, 3.8) is 0 Å². The third-order valence-electron chi connectivity index (χ3n) is 6.04. The molecule has 4 rings (SSSR count). The second-order valence-electron chi connectivity index (χ2n) is 8.56. The molecule has 1 aromatic heterocycles. The number of anilines is 1. The van der Waals surface area contributed by atoms with Crippen LogP contribution in [0, 0.1) is 0 Å². The molecule has 2 aromatic carbocycles. The van der Waals surface area contributed by atoms with Gasteiger partial charge in [0.15, 0.2) is 9.84 Å². The highest BCUT2D eigenvalue weighted by Gasteiger charge is 2.37. The van der Waals surface area contributed by atoms with Gasteiger partial charge in [0.2, 0.25) is 0 Å². The quantitative estimate of drug-likeness (QED) is 0.482. The number of piperidine rings is 1. The van der Waals surface area contributed by atoms with E-state index in [2.05, 4.69) is 14.7 Å². The number of carbonyl (C=O) groups is 1. The molecule has 2 N–H and O–H groups in total. The average molecular weight is 519 g/mol. The first-order valence-corrected chi connectivity index (χ1v) is 14.4. The van der Waals surface area contributed by atoms with Crippen molar-refractivity contribution in [2.45, 2.75) is 30.3 Å². The monoisotopic (exact) mass is 518 g/mol. The molecule has 35 heavy (non-hydrogen) atoms. The van der Waals surface area contributed by atoms with E-state index in [0.29, 0.717) is 11.1 Å². The Morgan fingerprint density at radius 2 is 1.69 bits per heavy atom. The first-order chi connectivity index (χ1) is 16.5. The van der Waals surface area contributed by atoms with Gasteiger partial charge in [-0.25, -0.2) is 16.8 Å². The number of nitrogens with one attached hydrogen (secondary N) is 1. The number of aliphatic hydroxyl groups is 1. The summed E-state index contributed by atoms with van der Waals surface area (Å²) in [6.07, 6.45) is 3.25. The highest BCUT2D eigenvalue weighted by atomic mass is 32.2. The lowest BCUT2D eigenvalue weighted by Crippen LogP contribution is -2.50. The van der Waals surface area contributed by atoms with Gasteiger partial charge in [-0.15, -0.1) is 0 Å². The molecule has 186 valence electrons. The predicted octanol–water partition coefficient (Wildman–Crippen LogP) is 1.83. The molecule has 3 aromatic rings. The van der Waals surface area contributed by atoms with Crippen LogP contribution in [0.25, 0.3) is 11.0 Å². The molecule has 0 unspecified atom stereocenters. The topological polar surface area (TPSA) is 147 Å². The highest BCUT2D eigenvalue weighted by molar-refractivity contribution is 7.93. The van der Waals surface area contributed by atoms with Crippen molar-refractivity contribution in [3.8, 4) is 0 Å². The number of carbonyl (C=O) groups excluding carboxylic acids is 1. The number of likely N-dealkylation sites (tertiary alicyclic amines) is 1. The molecule has 12 heteroatoms. The number of sulfone groups is 1. The predicted molar refractivity (Wildman–Crippen MR) is 131 cm³/mol. The van der Waals surface area contributed by atoms with Crippen LogP contribution in [0.5, 0.6) is 0 Å². The number of benzene rings is 2. The number of hydrogen-bond acceptors (Lipinski definition) is 8. The van der Waals surface area contributed by atoms with Gasteiger partial charge in [-0.2, -0.15) is 0 Å². The zero-order chi connectivity index (χ0) is 25.3. The van der Waals surface area contributed by atoms with Crippen LogP contribution in [-0.4, -0.2) is 72.9 Å². The molecule has 10 nitrogen and oxygen atoms in total. The van der Waals surface area contributed by atoms with Crippen LogP contribution >= 0.6 is 0 Å². The van der Waals surface area contributed by atoms with Crippen molar-refractivity contribution in [1.82, 2.24) is 14.9 Å². The van der Waals surface area contributed by atoms with Crippen molar-refractivity contribution in [2.24, 2.45) is 0 Å². The van der Waals surface area contributed by atoms with E-state index in [1.807, 2.05) is 0 Å². The average Bonchev–Trinajstić information content (AvgIpc) is 2.83. The molecule has 1 amide bonds. The van der Waals surface area contributed by atoms with E-state index in [1.54, 1.807) is 17.0 Å². The Labute approximate surface area is 204 Å². The van der Waals surface area contributed by atoms with Crippen LogP contribution < -0.4 is 4.72 Å². The third kappa shape index (κ3) is 5.60. The minimum atomic E-state index is -3.95. The van der Waals surface area contributed by atoms with Gasteiger partial charge in [0.25, 0.3) is 15.9 Å². The number of amides is 1. The van der Waals surface area contributed by atoms with E-state index in [1.165, 1.54) is 49.6 Å². The Bertz CT molecular complexity index is 1440. The van der Waals surface area contributed by atoms with E-state index in [9.17, 15) is 26.7 Å². The molecular formula is C23H26N4O6S2.